The van der Waals surface area contributed by atoms with Gasteiger partial charge in [-0.3, -0.25) is 28.8 Å². The van der Waals surface area contributed by atoms with Gasteiger partial charge in [0.15, 0.2) is 0 Å². The fourth-order valence-electron chi connectivity index (χ4n) is 2.71. The molecule has 0 radical (unpaired) electrons. The second-order valence-corrected chi connectivity index (χ2v) is 23.9. The first kappa shape index (κ1) is 47.4. The second kappa shape index (κ2) is 19.9. The molecular formula is C30H46Br4O12S2. The Bertz CT molecular complexity index is 991. The maximum atomic E-state index is 13.0. The van der Waals surface area contributed by atoms with Crippen LogP contribution < -0.4 is 0 Å². The Morgan fingerprint density at radius 3 is 0.792 bits per heavy atom. The second-order valence-electron chi connectivity index (χ2n) is 13.2. The molecule has 0 unspecified atom stereocenters. The van der Waals surface area contributed by atoms with Crippen molar-refractivity contribution in [3.63, 3.8) is 0 Å². The van der Waals surface area contributed by atoms with Crippen LogP contribution in [0.2, 0.25) is 0 Å². The lowest BCUT2D eigenvalue weighted by Crippen LogP contribution is -2.43. The van der Waals surface area contributed by atoms with Crippen LogP contribution in [-0.2, 0) is 57.2 Å². The van der Waals surface area contributed by atoms with Gasteiger partial charge in [-0.05, 0) is 69.2 Å². The first-order valence-corrected chi connectivity index (χ1v) is 20.3. The van der Waals surface area contributed by atoms with Crippen molar-refractivity contribution in [3.8, 4) is 0 Å². The first-order valence-electron chi connectivity index (χ1n) is 14.6. The van der Waals surface area contributed by atoms with Gasteiger partial charge >= 0.3 is 35.8 Å². The summed E-state index contributed by atoms with van der Waals surface area (Å²) >= 11 is 12.9. The number of hydrogen-bond donors (Lipinski definition) is 0. The van der Waals surface area contributed by atoms with Gasteiger partial charge in [0.25, 0.3) is 0 Å². The highest BCUT2D eigenvalue weighted by Crippen LogP contribution is 2.29. The number of carbonyl (C=O) groups is 6. The molecule has 0 aliphatic heterocycles. The molecule has 0 heterocycles. The summed E-state index contributed by atoms with van der Waals surface area (Å²) in [6, 6.07) is 0. The molecule has 0 aliphatic rings. The molecule has 0 aromatic heterocycles. The Morgan fingerprint density at radius 2 is 0.604 bits per heavy atom. The number of hydrogen-bond acceptors (Lipinski definition) is 14. The van der Waals surface area contributed by atoms with E-state index in [2.05, 4.69) is 63.7 Å². The molecule has 0 atom stereocenters. The predicted octanol–water partition coefficient (Wildman–Crippen LogP) is 6.33. The van der Waals surface area contributed by atoms with Gasteiger partial charge in [-0.1, -0.05) is 85.3 Å². The van der Waals surface area contributed by atoms with Crippen molar-refractivity contribution in [3.05, 3.63) is 0 Å². The quantitative estimate of drug-likeness (QED) is 0.0413. The third-order valence-corrected chi connectivity index (χ3v) is 9.53. The summed E-state index contributed by atoms with van der Waals surface area (Å²) in [5, 5.41) is 0. The topological polar surface area (TPSA) is 158 Å². The van der Waals surface area contributed by atoms with Gasteiger partial charge in [0.1, 0.15) is 67.8 Å². The SMILES string of the molecule is CC(C)(Br)C(=O)OCC(C)(COC(=O)C(C)(C)Br)C(=O)OCCSSCCOC(=O)C(C)(COC(=O)C(C)(C)Br)COC(=O)C(C)(C)Br. The van der Waals surface area contributed by atoms with Crippen LogP contribution in [0.5, 0.6) is 0 Å². The molecule has 0 fully saturated rings. The lowest BCUT2D eigenvalue weighted by Gasteiger charge is -2.29. The standard InChI is InChI=1S/C30H46Br4O12S2/c1-25(2,31)19(35)43-15-29(9,16-44-20(36)26(3,4)32)23(39)41-11-13-47-48-14-12-42-24(40)30(10,17-45-21(37)27(5,6)33)18-46-22(38)28(7,8)34/h11-18H2,1-10H3. The van der Waals surface area contributed by atoms with E-state index in [1.54, 1.807) is 55.4 Å². The largest absolute Gasteiger partial charge is 0.464 e. The van der Waals surface area contributed by atoms with Crippen molar-refractivity contribution < 1.29 is 57.2 Å². The zero-order valence-electron chi connectivity index (χ0n) is 28.9. The Kier molecular flexibility index (Phi) is 19.7. The summed E-state index contributed by atoms with van der Waals surface area (Å²) in [7, 11) is 2.72. The van der Waals surface area contributed by atoms with Crippen LogP contribution >= 0.6 is 85.3 Å². The number of halogens is 4. The summed E-state index contributed by atoms with van der Waals surface area (Å²) in [5.74, 6) is -3.09. The van der Waals surface area contributed by atoms with Gasteiger partial charge in [0.2, 0.25) is 0 Å². The highest BCUT2D eigenvalue weighted by atomic mass is 79.9. The fraction of sp³-hybridized carbons (Fsp3) is 0.800. The molecule has 0 spiro atoms. The molecule has 0 aromatic carbocycles. The normalized spacial score (nSPS) is 12.9. The summed E-state index contributed by atoms with van der Waals surface area (Å²) in [5.41, 5.74) is -2.92. The van der Waals surface area contributed by atoms with Gasteiger partial charge in [-0.15, -0.1) is 0 Å². The van der Waals surface area contributed by atoms with Crippen LogP contribution in [-0.4, -0.2) is 104 Å². The van der Waals surface area contributed by atoms with E-state index in [1.165, 1.54) is 35.4 Å². The molecule has 0 N–H and O–H groups in total. The lowest BCUT2D eigenvalue weighted by atomic mass is 9.93. The van der Waals surface area contributed by atoms with Crippen molar-refractivity contribution >= 4 is 121 Å². The maximum Gasteiger partial charge on any atom is 0.322 e. The smallest absolute Gasteiger partial charge is 0.322 e. The number of esters is 6. The minimum Gasteiger partial charge on any atom is -0.464 e. The zero-order chi connectivity index (χ0) is 37.8. The van der Waals surface area contributed by atoms with Crippen molar-refractivity contribution in [1.29, 1.82) is 0 Å². The van der Waals surface area contributed by atoms with E-state index in [-0.39, 0.29) is 39.6 Å². The minimum atomic E-state index is -1.46. The van der Waals surface area contributed by atoms with E-state index in [0.717, 1.165) is 0 Å². The van der Waals surface area contributed by atoms with Crippen LogP contribution in [0, 0.1) is 10.8 Å². The van der Waals surface area contributed by atoms with Crippen LogP contribution in [0.3, 0.4) is 0 Å². The van der Waals surface area contributed by atoms with Crippen LogP contribution in [0.15, 0.2) is 0 Å². The average molecular weight is 982 g/mol. The predicted molar refractivity (Wildman–Crippen MR) is 199 cm³/mol. The molecule has 0 saturated heterocycles. The van der Waals surface area contributed by atoms with Crippen LogP contribution in [0.25, 0.3) is 0 Å². The molecule has 48 heavy (non-hydrogen) atoms. The summed E-state index contributed by atoms with van der Waals surface area (Å²) < 4.78 is 28.2. The van der Waals surface area contributed by atoms with E-state index in [4.69, 9.17) is 28.4 Å². The van der Waals surface area contributed by atoms with Gasteiger partial charge in [-0.2, -0.15) is 0 Å². The third-order valence-electron chi connectivity index (χ3n) is 5.90. The lowest BCUT2D eigenvalue weighted by molar-refractivity contribution is -0.172. The molecule has 12 nitrogen and oxygen atoms in total. The molecule has 0 aliphatic carbocycles. The molecule has 18 heteroatoms. The molecular weight excluding hydrogens is 936 g/mol. The van der Waals surface area contributed by atoms with Crippen molar-refractivity contribution in [2.45, 2.75) is 86.5 Å². The van der Waals surface area contributed by atoms with Gasteiger partial charge in [0, 0.05) is 11.5 Å². The highest BCUT2D eigenvalue weighted by molar-refractivity contribution is 9.10. The summed E-state index contributed by atoms with van der Waals surface area (Å²) in [6.07, 6.45) is 0. The third kappa shape index (κ3) is 18.1. The number of ether oxygens (including phenoxy) is 6. The van der Waals surface area contributed by atoms with Gasteiger partial charge in [0.05, 0.1) is 0 Å². The Labute approximate surface area is 324 Å². The van der Waals surface area contributed by atoms with Gasteiger partial charge in [-0.25, -0.2) is 0 Å². The number of alkyl halides is 4. The Balaban J connectivity index is 5.02. The van der Waals surface area contributed by atoms with Crippen molar-refractivity contribution in [2.75, 3.05) is 51.1 Å². The van der Waals surface area contributed by atoms with E-state index in [1.807, 2.05) is 0 Å². The monoisotopic (exact) mass is 978 g/mol. The first-order chi connectivity index (χ1) is 21.6. The van der Waals surface area contributed by atoms with Crippen molar-refractivity contribution in [2.24, 2.45) is 10.8 Å². The van der Waals surface area contributed by atoms with E-state index in [9.17, 15) is 28.8 Å². The fourth-order valence-corrected chi connectivity index (χ4v) is 4.82. The average Bonchev–Trinajstić information content (AvgIpc) is 2.94. The zero-order valence-corrected chi connectivity index (χ0v) is 36.9. The Hall–Kier alpha value is -0.560. The van der Waals surface area contributed by atoms with E-state index in [0.29, 0.717) is 11.5 Å². The van der Waals surface area contributed by atoms with Crippen molar-refractivity contribution in [1.82, 2.24) is 0 Å². The van der Waals surface area contributed by atoms with Crippen LogP contribution in [0.4, 0.5) is 0 Å². The maximum absolute atomic E-state index is 13.0. The molecule has 0 rings (SSSR count). The molecule has 0 amide bonds. The van der Waals surface area contributed by atoms with E-state index >= 15 is 0 Å². The van der Waals surface area contributed by atoms with Crippen LogP contribution in [0.1, 0.15) is 69.2 Å². The molecule has 0 aromatic rings. The summed E-state index contributed by atoms with van der Waals surface area (Å²) in [4.78, 5) is 75.2. The number of rotatable bonds is 21. The minimum absolute atomic E-state index is 0.00426. The number of carbonyl (C=O) groups excluding carboxylic acids is 6. The molecule has 278 valence electrons. The Morgan fingerprint density at radius 1 is 0.396 bits per heavy atom. The van der Waals surface area contributed by atoms with E-state index < -0.39 is 63.9 Å². The highest BCUT2D eigenvalue weighted by Gasteiger charge is 2.42. The van der Waals surface area contributed by atoms with Gasteiger partial charge < -0.3 is 28.4 Å². The summed E-state index contributed by atoms with van der Waals surface area (Å²) in [6.45, 7) is 14.2. The molecule has 0 saturated carbocycles. The molecule has 0 bridgehead atoms.